The maximum Gasteiger partial charge on any atom is 0.344 e. The van der Waals surface area contributed by atoms with E-state index in [0.717, 1.165) is 12.8 Å². The number of hydrogen-bond donors (Lipinski definition) is 1. The Morgan fingerprint density at radius 2 is 2.17 bits per heavy atom. The first-order valence-electron chi connectivity index (χ1n) is 8.17. The van der Waals surface area contributed by atoms with Gasteiger partial charge < -0.3 is 4.90 Å². The predicted octanol–water partition coefficient (Wildman–Crippen LogP) is 0.422. The summed E-state index contributed by atoms with van der Waals surface area (Å²) < 4.78 is 25.0. The number of carbonyl (C=O) groups is 1. The summed E-state index contributed by atoms with van der Waals surface area (Å²) in [4.78, 5) is 26.2. The normalized spacial score (nSPS) is 24.0. The second-order valence-electron chi connectivity index (χ2n) is 6.35. The fraction of sp³-hybridized carbons (Fsp3) is 0.786. The molecule has 1 aliphatic carbocycles. The van der Waals surface area contributed by atoms with E-state index in [0.29, 0.717) is 18.1 Å². The molecule has 24 heavy (non-hydrogen) atoms. The number of nitrogens with zero attached hydrogens (tertiary/aromatic N) is 3. The standard InChI is InChI=1S/C14H22N4O4S2/c1-3-17(11-6-7-24(21,22)8-11)12(19)9(2)23-14-16-15-13(20)18(14)10-4-5-10/h9-11H,3-8H2,1-2H3,(H,15,20)/t9-,11-/m0/s1. The van der Waals surface area contributed by atoms with E-state index in [2.05, 4.69) is 10.2 Å². The topological polar surface area (TPSA) is 105 Å². The van der Waals surface area contributed by atoms with Crippen LogP contribution in [0.15, 0.2) is 9.95 Å². The fourth-order valence-corrected chi connectivity index (χ4v) is 5.81. The van der Waals surface area contributed by atoms with E-state index >= 15 is 0 Å². The first-order chi connectivity index (χ1) is 11.3. The molecule has 1 saturated carbocycles. The van der Waals surface area contributed by atoms with E-state index in [1.807, 2.05) is 6.92 Å². The van der Waals surface area contributed by atoms with E-state index in [1.165, 1.54) is 11.8 Å². The number of sulfone groups is 1. The van der Waals surface area contributed by atoms with Crippen molar-refractivity contribution < 1.29 is 13.2 Å². The van der Waals surface area contributed by atoms with Crippen molar-refractivity contribution in [2.45, 2.75) is 55.6 Å². The molecule has 1 amide bonds. The molecule has 1 aliphatic heterocycles. The fourth-order valence-electron chi connectivity index (χ4n) is 3.09. The highest BCUT2D eigenvalue weighted by atomic mass is 32.2. The molecule has 1 saturated heterocycles. The number of amides is 1. The molecule has 0 aromatic carbocycles. The Bertz CT molecular complexity index is 781. The Kier molecular flexibility index (Phi) is 4.78. The number of aromatic nitrogens is 3. The monoisotopic (exact) mass is 374 g/mol. The van der Waals surface area contributed by atoms with E-state index in [1.54, 1.807) is 16.4 Å². The quantitative estimate of drug-likeness (QED) is 0.724. The van der Waals surface area contributed by atoms with Crippen LogP contribution in [0.5, 0.6) is 0 Å². The summed E-state index contributed by atoms with van der Waals surface area (Å²) in [5, 5.41) is 6.57. The van der Waals surface area contributed by atoms with Crippen molar-refractivity contribution in [3.8, 4) is 0 Å². The lowest BCUT2D eigenvalue weighted by Crippen LogP contribution is -2.44. The first kappa shape index (κ1) is 17.5. The highest BCUT2D eigenvalue weighted by Gasteiger charge is 2.36. The van der Waals surface area contributed by atoms with Crippen LogP contribution in [0.25, 0.3) is 0 Å². The molecule has 0 radical (unpaired) electrons. The van der Waals surface area contributed by atoms with Crippen LogP contribution in [-0.4, -0.2) is 63.3 Å². The van der Waals surface area contributed by atoms with E-state index in [4.69, 9.17) is 0 Å². The van der Waals surface area contributed by atoms with Crippen molar-refractivity contribution in [3.63, 3.8) is 0 Å². The molecule has 3 rings (SSSR count). The molecule has 8 nitrogen and oxygen atoms in total. The van der Waals surface area contributed by atoms with Gasteiger partial charge in [0.15, 0.2) is 15.0 Å². The van der Waals surface area contributed by atoms with E-state index in [-0.39, 0.29) is 35.2 Å². The third-order valence-corrected chi connectivity index (χ3v) is 7.29. The Morgan fingerprint density at radius 3 is 2.71 bits per heavy atom. The lowest BCUT2D eigenvalue weighted by atomic mass is 10.2. The summed E-state index contributed by atoms with van der Waals surface area (Å²) in [7, 11) is -3.04. The zero-order valence-corrected chi connectivity index (χ0v) is 15.4. The molecule has 0 unspecified atom stereocenters. The maximum absolute atomic E-state index is 12.8. The number of aromatic amines is 1. The lowest BCUT2D eigenvalue weighted by Gasteiger charge is -2.29. The average molecular weight is 374 g/mol. The van der Waals surface area contributed by atoms with Gasteiger partial charge in [-0.1, -0.05) is 11.8 Å². The minimum atomic E-state index is -3.04. The van der Waals surface area contributed by atoms with Crippen molar-refractivity contribution in [1.82, 2.24) is 19.7 Å². The largest absolute Gasteiger partial charge is 0.344 e. The second-order valence-corrected chi connectivity index (χ2v) is 9.89. The number of rotatable bonds is 6. The maximum atomic E-state index is 12.8. The minimum absolute atomic E-state index is 0.0408. The first-order valence-corrected chi connectivity index (χ1v) is 10.9. The summed E-state index contributed by atoms with van der Waals surface area (Å²) in [6.07, 6.45) is 2.40. The third-order valence-electron chi connectivity index (χ3n) is 4.49. The number of nitrogens with one attached hydrogen (secondary N) is 1. The molecule has 2 atom stereocenters. The second kappa shape index (κ2) is 6.55. The molecule has 0 spiro atoms. The number of H-pyrrole nitrogens is 1. The summed E-state index contributed by atoms with van der Waals surface area (Å²) in [6.45, 7) is 4.10. The lowest BCUT2D eigenvalue weighted by molar-refractivity contribution is -0.131. The summed E-state index contributed by atoms with van der Waals surface area (Å²) in [6, 6.07) is -0.0661. The van der Waals surface area contributed by atoms with Gasteiger partial charge in [-0.15, -0.1) is 5.10 Å². The van der Waals surface area contributed by atoms with Crippen molar-refractivity contribution in [1.29, 1.82) is 0 Å². The molecule has 2 heterocycles. The van der Waals surface area contributed by atoms with Crippen LogP contribution in [0.3, 0.4) is 0 Å². The molecule has 134 valence electrons. The van der Waals surface area contributed by atoms with Gasteiger partial charge in [-0.05, 0) is 33.1 Å². The van der Waals surface area contributed by atoms with Crippen LogP contribution in [0.1, 0.15) is 39.2 Å². The Balaban J connectivity index is 1.71. The molecule has 1 N–H and O–H groups in total. The van der Waals surface area contributed by atoms with Crippen LogP contribution >= 0.6 is 11.8 Å². The smallest absolute Gasteiger partial charge is 0.338 e. The predicted molar refractivity (Wildman–Crippen MR) is 90.9 cm³/mol. The van der Waals surface area contributed by atoms with Crippen molar-refractivity contribution in [3.05, 3.63) is 10.5 Å². The van der Waals surface area contributed by atoms with E-state index < -0.39 is 15.1 Å². The van der Waals surface area contributed by atoms with Gasteiger partial charge in [0.2, 0.25) is 5.91 Å². The SMILES string of the molecule is CCN(C(=O)[C@H](C)Sc1n[nH]c(=O)n1C1CC1)[C@H]1CCS(=O)(=O)C1. The van der Waals surface area contributed by atoms with Crippen molar-refractivity contribution >= 4 is 27.5 Å². The average Bonchev–Trinajstić information content (AvgIpc) is 3.20. The highest BCUT2D eigenvalue weighted by Crippen LogP contribution is 2.37. The van der Waals surface area contributed by atoms with Crippen molar-refractivity contribution in [2.75, 3.05) is 18.1 Å². The van der Waals surface area contributed by atoms with Crippen LogP contribution in [0.4, 0.5) is 0 Å². The number of hydrogen-bond acceptors (Lipinski definition) is 6. The van der Waals surface area contributed by atoms with Gasteiger partial charge in [0, 0.05) is 18.6 Å². The minimum Gasteiger partial charge on any atom is -0.338 e. The molecule has 10 heteroatoms. The molecule has 2 fully saturated rings. The molecular formula is C14H22N4O4S2. The zero-order valence-electron chi connectivity index (χ0n) is 13.8. The molecule has 1 aromatic rings. The molecule has 0 bridgehead atoms. The summed E-state index contributed by atoms with van der Waals surface area (Å²) in [5.74, 6) is 0.0744. The highest BCUT2D eigenvalue weighted by molar-refractivity contribution is 8.00. The van der Waals surface area contributed by atoms with Gasteiger partial charge in [0.25, 0.3) is 0 Å². The van der Waals surface area contributed by atoms with Crippen LogP contribution in [-0.2, 0) is 14.6 Å². The zero-order chi connectivity index (χ0) is 17.5. The summed E-state index contributed by atoms with van der Waals surface area (Å²) in [5.41, 5.74) is -0.242. The Labute approximate surface area is 144 Å². The van der Waals surface area contributed by atoms with Gasteiger partial charge in [0.1, 0.15) is 0 Å². The number of carbonyl (C=O) groups excluding carboxylic acids is 1. The molecule has 2 aliphatic rings. The van der Waals surface area contributed by atoms with Gasteiger partial charge in [-0.25, -0.2) is 18.3 Å². The van der Waals surface area contributed by atoms with E-state index in [9.17, 15) is 18.0 Å². The molecule has 1 aromatic heterocycles. The third kappa shape index (κ3) is 3.53. The van der Waals surface area contributed by atoms with Gasteiger partial charge in [-0.3, -0.25) is 9.36 Å². The van der Waals surface area contributed by atoms with Crippen LogP contribution in [0, 0.1) is 0 Å². The van der Waals surface area contributed by atoms with Gasteiger partial charge >= 0.3 is 5.69 Å². The molecular weight excluding hydrogens is 352 g/mol. The van der Waals surface area contributed by atoms with Crippen LogP contribution in [0.2, 0.25) is 0 Å². The van der Waals surface area contributed by atoms with Crippen molar-refractivity contribution in [2.24, 2.45) is 0 Å². The Morgan fingerprint density at radius 1 is 1.46 bits per heavy atom. The van der Waals surface area contributed by atoms with Gasteiger partial charge in [0.05, 0.1) is 16.8 Å². The number of thioether (sulfide) groups is 1. The Hall–Kier alpha value is -1.29. The van der Waals surface area contributed by atoms with Gasteiger partial charge in [-0.2, -0.15) is 0 Å². The summed E-state index contributed by atoms with van der Waals surface area (Å²) >= 11 is 1.25. The van der Waals surface area contributed by atoms with Crippen LogP contribution < -0.4 is 5.69 Å².